The van der Waals surface area contributed by atoms with E-state index in [1.165, 1.54) is 14.2 Å². The van der Waals surface area contributed by atoms with E-state index in [0.717, 1.165) is 0 Å². The summed E-state index contributed by atoms with van der Waals surface area (Å²) >= 11 is 0. The summed E-state index contributed by atoms with van der Waals surface area (Å²) in [5.41, 5.74) is 0.400. The summed E-state index contributed by atoms with van der Waals surface area (Å²) in [6.45, 7) is 0. The molecule has 16 heavy (non-hydrogen) atoms. The Kier molecular flexibility index (Phi) is 4.10. The highest BCUT2D eigenvalue weighted by atomic mass is 16.5. The van der Waals surface area contributed by atoms with E-state index in [-0.39, 0.29) is 0 Å². The maximum atomic E-state index is 11.4. The van der Waals surface area contributed by atoms with Crippen molar-refractivity contribution in [2.24, 2.45) is 0 Å². The molecule has 0 spiro atoms. The number of ketones is 1. The molecule has 4 nitrogen and oxygen atoms in total. The molecule has 0 unspecified atom stereocenters. The Bertz CT molecular complexity index is 448. The predicted octanol–water partition coefficient (Wildman–Crippen LogP) is 1.05. The summed E-state index contributed by atoms with van der Waals surface area (Å²) in [7, 11) is 2.74. The quantitative estimate of drug-likeness (QED) is 0.245. The van der Waals surface area contributed by atoms with E-state index >= 15 is 0 Å². The molecule has 1 aromatic carbocycles. The van der Waals surface area contributed by atoms with Crippen molar-refractivity contribution < 1.29 is 19.1 Å². The molecule has 82 valence electrons. The molecule has 1 rings (SSSR count). The van der Waals surface area contributed by atoms with E-state index in [1.807, 2.05) is 0 Å². The molecular formula is C12H10O4. The van der Waals surface area contributed by atoms with Crippen LogP contribution in [0.3, 0.4) is 0 Å². The van der Waals surface area contributed by atoms with E-state index in [1.54, 1.807) is 24.3 Å². The number of rotatable bonds is 2. The van der Waals surface area contributed by atoms with Gasteiger partial charge >= 0.3 is 5.97 Å². The van der Waals surface area contributed by atoms with E-state index in [2.05, 4.69) is 16.6 Å². The van der Waals surface area contributed by atoms with E-state index < -0.39 is 11.8 Å². The van der Waals surface area contributed by atoms with Crippen molar-refractivity contribution in [2.75, 3.05) is 14.2 Å². The van der Waals surface area contributed by atoms with Crippen LogP contribution in [0.4, 0.5) is 0 Å². The van der Waals surface area contributed by atoms with E-state index in [9.17, 15) is 9.59 Å². The monoisotopic (exact) mass is 218 g/mol. The molecule has 0 atom stereocenters. The molecule has 0 saturated carbocycles. The van der Waals surface area contributed by atoms with Crippen LogP contribution < -0.4 is 4.74 Å². The van der Waals surface area contributed by atoms with Crippen LogP contribution in [0.2, 0.25) is 0 Å². The summed E-state index contributed by atoms with van der Waals surface area (Å²) in [4.78, 5) is 22.1. The van der Waals surface area contributed by atoms with Crippen LogP contribution in [0.5, 0.6) is 5.75 Å². The molecule has 0 amide bonds. The molecule has 0 aromatic heterocycles. The van der Waals surface area contributed by atoms with Crippen LogP contribution in [0, 0.1) is 11.8 Å². The van der Waals surface area contributed by atoms with Gasteiger partial charge in [0.05, 0.1) is 14.2 Å². The highest BCUT2D eigenvalue weighted by Crippen LogP contribution is 2.11. The highest BCUT2D eigenvalue weighted by Gasteiger charge is 2.02. The van der Waals surface area contributed by atoms with Crippen molar-refractivity contribution in [3.8, 4) is 17.6 Å². The van der Waals surface area contributed by atoms with Crippen LogP contribution in [-0.4, -0.2) is 26.0 Å². The lowest BCUT2D eigenvalue weighted by atomic mass is 10.1. The standard InChI is InChI=1S/C12H10O4/c1-15-10-5-3-9(4-6-10)11(13)7-8-12(14)16-2/h3-6H,1-2H3. The molecule has 0 radical (unpaired) electrons. The Labute approximate surface area is 93.2 Å². The van der Waals surface area contributed by atoms with Gasteiger partial charge in [-0.25, -0.2) is 4.79 Å². The summed E-state index contributed by atoms with van der Waals surface area (Å²) in [5, 5.41) is 0. The largest absolute Gasteiger partial charge is 0.497 e. The van der Waals surface area contributed by atoms with Crippen molar-refractivity contribution in [3.63, 3.8) is 0 Å². The van der Waals surface area contributed by atoms with Crippen molar-refractivity contribution in [2.45, 2.75) is 0 Å². The average molecular weight is 218 g/mol. The molecule has 0 aliphatic carbocycles. The second-order valence-corrected chi connectivity index (χ2v) is 2.80. The van der Waals surface area contributed by atoms with Gasteiger partial charge in [-0.3, -0.25) is 4.79 Å². The SMILES string of the molecule is COC(=O)C#CC(=O)c1ccc(OC)cc1. The fourth-order valence-corrected chi connectivity index (χ4v) is 0.973. The second-order valence-electron chi connectivity index (χ2n) is 2.80. The molecule has 1 aromatic rings. The Hall–Kier alpha value is -2.28. The molecule has 0 N–H and O–H groups in total. The van der Waals surface area contributed by atoms with Gasteiger partial charge in [0, 0.05) is 11.5 Å². The molecular weight excluding hydrogens is 208 g/mol. The zero-order chi connectivity index (χ0) is 12.0. The van der Waals surface area contributed by atoms with Crippen LogP contribution in [-0.2, 0) is 9.53 Å². The third-order valence-electron chi connectivity index (χ3n) is 1.82. The van der Waals surface area contributed by atoms with Crippen molar-refractivity contribution >= 4 is 11.8 Å². The number of Topliss-reactive ketones (excluding diaryl/α,β-unsaturated/α-hetero) is 1. The lowest BCUT2D eigenvalue weighted by Gasteiger charge is -1.98. The number of ether oxygens (including phenoxy) is 2. The van der Waals surface area contributed by atoms with Gasteiger partial charge in [-0.1, -0.05) is 0 Å². The topological polar surface area (TPSA) is 52.6 Å². The summed E-state index contributed by atoms with van der Waals surface area (Å²) in [6.07, 6.45) is 0. The molecule has 0 bridgehead atoms. The van der Waals surface area contributed by atoms with Crippen LogP contribution >= 0.6 is 0 Å². The Morgan fingerprint density at radius 3 is 2.19 bits per heavy atom. The first kappa shape index (κ1) is 11.8. The maximum Gasteiger partial charge on any atom is 0.384 e. The summed E-state index contributed by atoms with van der Waals surface area (Å²) in [6, 6.07) is 6.44. The van der Waals surface area contributed by atoms with Gasteiger partial charge in [0.15, 0.2) is 0 Å². The third-order valence-corrected chi connectivity index (χ3v) is 1.82. The van der Waals surface area contributed by atoms with Gasteiger partial charge in [0.2, 0.25) is 5.78 Å². The molecule has 0 aliphatic rings. The molecule has 0 heterocycles. The van der Waals surface area contributed by atoms with Gasteiger partial charge in [0.25, 0.3) is 0 Å². The summed E-state index contributed by atoms with van der Waals surface area (Å²) in [5.74, 6) is 3.73. The number of carbonyl (C=O) groups excluding carboxylic acids is 2. The average Bonchev–Trinajstić information content (AvgIpc) is 2.35. The number of methoxy groups -OCH3 is 2. The second kappa shape index (κ2) is 5.56. The third kappa shape index (κ3) is 3.14. The first-order valence-corrected chi connectivity index (χ1v) is 4.45. The minimum Gasteiger partial charge on any atom is -0.497 e. The smallest absolute Gasteiger partial charge is 0.384 e. The molecule has 0 aliphatic heterocycles. The highest BCUT2D eigenvalue weighted by molar-refractivity contribution is 6.11. The van der Waals surface area contributed by atoms with Gasteiger partial charge in [-0.2, -0.15) is 0 Å². The lowest BCUT2D eigenvalue weighted by Crippen LogP contribution is -1.99. The number of carbonyl (C=O) groups is 2. The fourth-order valence-electron chi connectivity index (χ4n) is 0.973. The Morgan fingerprint density at radius 2 is 1.69 bits per heavy atom. The minimum atomic E-state index is -0.734. The normalized spacial score (nSPS) is 8.62. The molecule has 4 heteroatoms. The lowest BCUT2D eigenvalue weighted by molar-refractivity contribution is -0.133. The van der Waals surface area contributed by atoms with Crippen LogP contribution in [0.1, 0.15) is 10.4 Å². The van der Waals surface area contributed by atoms with Crippen molar-refractivity contribution in [1.29, 1.82) is 0 Å². The predicted molar refractivity (Wildman–Crippen MR) is 57.1 cm³/mol. The number of hydrogen-bond acceptors (Lipinski definition) is 4. The Balaban J connectivity index is 2.79. The van der Waals surface area contributed by atoms with E-state index in [4.69, 9.17) is 4.74 Å². The van der Waals surface area contributed by atoms with Gasteiger partial charge in [-0.15, -0.1) is 0 Å². The van der Waals surface area contributed by atoms with E-state index in [0.29, 0.717) is 11.3 Å². The number of benzene rings is 1. The molecule has 0 saturated heterocycles. The van der Waals surface area contributed by atoms with Crippen LogP contribution in [0.25, 0.3) is 0 Å². The first-order chi connectivity index (χ1) is 7.67. The summed E-state index contributed by atoms with van der Waals surface area (Å²) < 4.78 is 9.23. The maximum absolute atomic E-state index is 11.4. The van der Waals surface area contributed by atoms with Crippen molar-refractivity contribution in [3.05, 3.63) is 29.8 Å². The number of hydrogen-bond donors (Lipinski definition) is 0. The van der Waals surface area contributed by atoms with Crippen LogP contribution in [0.15, 0.2) is 24.3 Å². The minimum absolute atomic E-state index is 0.400. The Morgan fingerprint density at radius 1 is 1.06 bits per heavy atom. The van der Waals surface area contributed by atoms with Gasteiger partial charge < -0.3 is 9.47 Å². The molecule has 0 fully saturated rings. The zero-order valence-electron chi connectivity index (χ0n) is 8.94. The van der Waals surface area contributed by atoms with Crippen molar-refractivity contribution in [1.82, 2.24) is 0 Å². The number of esters is 1. The van der Waals surface area contributed by atoms with Gasteiger partial charge in [0.1, 0.15) is 5.75 Å². The van der Waals surface area contributed by atoms with Gasteiger partial charge in [-0.05, 0) is 30.2 Å². The fraction of sp³-hybridized carbons (Fsp3) is 0.167. The zero-order valence-corrected chi connectivity index (χ0v) is 8.94. The first-order valence-electron chi connectivity index (χ1n) is 4.45.